The molecule has 3 aromatic rings. The zero-order valence-electron chi connectivity index (χ0n) is 8.66. The molecule has 0 fully saturated rings. The molecule has 86 valence electrons. The summed E-state index contributed by atoms with van der Waals surface area (Å²) >= 11 is 1.46. The lowest BCUT2D eigenvalue weighted by Gasteiger charge is -1.98. The smallest absolute Gasteiger partial charge is 0.309 e. The number of aliphatic carboxylic acids is 1. The van der Waals surface area contributed by atoms with Crippen LogP contribution in [0.25, 0.3) is 16.4 Å². The molecular formula is C11H8N2O3S. The second-order valence-electron chi connectivity index (χ2n) is 3.51. The minimum absolute atomic E-state index is 0.0755. The minimum Gasteiger partial charge on any atom is -0.481 e. The number of carboxylic acids is 1. The van der Waals surface area contributed by atoms with Crippen molar-refractivity contribution in [2.24, 2.45) is 0 Å². The number of hydrogen-bond acceptors (Lipinski definition) is 4. The fourth-order valence-corrected chi connectivity index (χ4v) is 2.49. The van der Waals surface area contributed by atoms with E-state index in [4.69, 9.17) is 9.52 Å². The number of thiazole rings is 1. The molecule has 3 aromatic heterocycles. The van der Waals surface area contributed by atoms with Gasteiger partial charge in [0.25, 0.3) is 0 Å². The molecule has 0 radical (unpaired) electrons. The van der Waals surface area contributed by atoms with Crippen LogP contribution in [0.3, 0.4) is 0 Å². The van der Waals surface area contributed by atoms with Crippen LogP contribution < -0.4 is 0 Å². The maximum atomic E-state index is 10.9. The molecule has 0 aliphatic rings. The van der Waals surface area contributed by atoms with Crippen molar-refractivity contribution in [1.29, 1.82) is 0 Å². The van der Waals surface area contributed by atoms with Crippen LogP contribution in [0.5, 0.6) is 0 Å². The molecule has 3 heterocycles. The summed E-state index contributed by atoms with van der Waals surface area (Å²) in [5.41, 5.74) is 1.24. The zero-order valence-corrected chi connectivity index (χ0v) is 9.48. The quantitative estimate of drug-likeness (QED) is 0.772. The van der Waals surface area contributed by atoms with Crippen molar-refractivity contribution in [2.75, 3.05) is 0 Å². The summed E-state index contributed by atoms with van der Waals surface area (Å²) < 4.78 is 7.06. The number of fused-ring (bicyclic) bond motifs is 1. The van der Waals surface area contributed by atoms with E-state index in [-0.39, 0.29) is 6.42 Å². The molecule has 0 aromatic carbocycles. The molecule has 0 unspecified atom stereocenters. The summed E-state index contributed by atoms with van der Waals surface area (Å²) in [5.74, 6) is -0.289. The fourth-order valence-electron chi connectivity index (χ4n) is 1.76. The van der Waals surface area contributed by atoms with Gasteiger partial charge in [-0.2, -0.15) is 0 Å². The van der Waals surface area contributed by atoms with E-state index in [1.807, 2.05) is 11.6 Å². The third-order valence-corrected chi connectivity index (χ3v) is 3.19. The van der Waals surface area contributed by atoms with Crippen LogP contribution in [0.2, 0.25) is 0 Å². The van der Waals surface area contributed by atoms with Crippen molar-refractivity contribution in [3.8, 4) is 11.5 Å². The maximum Gasteiger partial charge on any atom is 0.309 e. The van der Waals surface area contributed by atoms with Gasteiger partial charge in [0.05, 0.1) is 18.4 Å². The lowest BCUT2D eigenvalue weighted by molar-refractivity contribution is -0.136. The second-order valence-corrected chi connectivity index (χ2v) is 4.38. The molecule has 5 nitrogen and oxygen atoms in total. The number of furan rings is 1. The Kier molecular flexibility index (Phi) is 2.22. The molecule has 3 rings (SSSR count). The van der Waals surface area contributed by atoms with Crippen molar-refractivity contribution < 1.29 is 14.3 Å². The van der Waals surface area contributed by atoms with Crippen LogP contribution in [-0.2, 0) is 11.2 Å². The van der Waals surface area contributed by atoms with E-state index >= 15 is 0 Å². The number of aromatic nitrogens is 2. The molecule has 0 aliphatic carbocycles. The van der Waals surface area contributed by atoms with Gasteiger partial charge in [-0.1, -0.05) is 0 Å². The van der Waals surface area contributed by atoms with Crippen molar-refractivity contribution in [1.82, 2.24) is 9.38 Å². The Balaban J connectivity index is 2.22. The Morgan fingerprint density at radius 2 is 2.47 bits per heavy atom. The summed E-state index contributed by atoms with van der Waals surface area (Å²) in [5, 5.41) is 10.8. The zero-order chi connectivity index (χ0) is 11.8. The van der Waals surface area contributed by atoms with Crippen LogP contribution in [-0.4, -0.2) is 20.5 Å². The van der Waals surface area contributed by atoms with Crippen molar-refractivity contribution in [3.63, 3.8) is 0 Å². The van der Waals surface area contributed by atoms with Gasteiger partial charge in [0.1, 0.15) is 5.69 Å². The van der Waals surface area contributed by atoms with E-state index in [0.29, 0.717) is 17.1 Å². The van der Waals surface area contributed by atoms with Gasteiger partial charge in [0, 0.05) is 11.6 Å². The van der Waals surface area contributed by atoms with E-state index in [9.17, 15) is 4.79 Å². The molecule has 0 saturated heterocycles. The minimum atomic E-state index is -0.884. The van der Waals surface area contributed by atoms with Gasteiger partial charge in [-0.15, -0.1) is 11.3 Å². The number of imidazole rings is 1. The summed E-state index contributed by atoms with van der Waals surface area (Å²) in [6, 6.07) is 3.53. The molecule has 17 heavy (non-hydrogen) atoms. The largest absolute Gasteiger partial charge is 0.481 e. The predicted molar refractivity (Wildman–Crippen MR) is 62.1 cm³/mol. The van der Waals surface area contributed by atoms with Gasteiger partial charge in [-0.3, -0.25) is 9.20 Å². The Morgan fingerprint density at radius 3 is 3.18 bits per heavy atom. The highest BCUT2D eigenvalue weighted by Gasteiger charge is 2.18. The number of carboxylic acid groups (broad SMARTS) is 1. The second kappa shape index (κ2) is 3.74. The third-order valence-electron chi connectivity index (χ3n) is 2.43. The van der Waals surface area contributed by atoms with Gasteiger partial charge in [-0.05, 0) is 12.1 Å². The molecule has 0 bridgehead atoms. The van der Waals surface area contributed by atoms with E-state index in [1.165, 1.54) is 11.3 Å². The van der Waals surface area contributed by atoms with Crippen LogP contribution in [0.1, 0.15) is 5.69 Å². The average Bonchev–Trinajstić information content (AvgIpc) is 2.94. The molecule has 0 amide bonds. The number of carbonyl (C=O) groups is 1. The molecular weight excluding hydrogens is 240 g/mol. The Morgan fingerprint density at radius 1 is 1.59 bits per heavy atom. The molecule has 0 atom stereocenters. The molecule has 0 spiro atoms. The van der Waals surface area contributed by atoms with E-state index in [2.05, 4.69) is 4.98 Å². The van der Waals surface area contributed by atoms with Crippen LogP contribution >= 0.6 is 11.3 Å². The van der Waals surface area contributed by atoms with E-state index in [1.54, 1.807) is 22.8 Å². The Labute approximate surface area is 99.9 Å². The van der Waals surface area contributed by atoms with Crippen molar-refractivity contribution in [3.05, 3.63) is 35.7 Å². The monoisotopic (exact) mass is 248 g/mol. The van der Waals surface area contributed by atoms with Crippen LogP contribution in [0.4, 0.5) is 0 Å². The van der Waals surface area contributed by atoms with Crippen molar-refractivity contribution in [2.45, 2.75) is 6.42 Å². The average molecular weight is 248 g/mol. The van der Waals surface area contributed by atoms with Gasteiger partial charge < -0.3 is 9.52 Å². The topological polar surface area (TPSA) is 67.7 Å². The highest BCUT2D eigenvalue weighted by atomic mass is 32.1. The highest BCUT2D eigenvalue weighted by Crippen LogP contribution is 2.27. The lowest BCUT2D eigenvalue weighted by atomic mass is 10.2. The van der Waals surface area contributed by atoms with E-state index < -0.39 is 5.97 Å². The lowest BCUT2D eigenvalue weighted by Crippen LogP contribution is -2.03. The summed E-state index contributed by atoms with van der Waals surface area (Å²) in [6.45, 7) is 0. The molecule has 1 N–H and O–H groups in total. The first-order valence-corrected chi connectivity index (χ1v) is 5.84. The SMILES string of the molecule is O=C(O)Cc1c(-c2ccco2)nc2sccn12. The molecule has 0 saturated carbocycles. The van der Waals surface area contributed by atoms with Crippen LogP contribution in [0.15, 0.2) is 34.4 Å². The first-order chi connectivity index (χ1) is 8.25. The highest BCUT2D eigenvalue weighted by molar-refractivity contribution is 7.15. The predicted octanol–water partition coefficient (Wildman–Crippen LogP) is 2.28. The van der Waals surface area contributed by atoms with Gasteiger partial charge in [0.15, 0.2) is 10.7 Å². The maximum absolute atomic E-state index is 10.9. The van der Waals surface area contributed by atoms with Crippen molar-refractivity contribution >= 4 is 22.3 Å². The Bertz CT molecular complexity index is 666. The number of rotatable bonds is 3. The summed E-state index contributed by atoms with van der Waals surface area (Å²) in [4.78, 5) is 16.0. The van der Waals surface area contributed by atoms with Crippen LogP contribution in [0, 0.1) is 0 Å². The van der Waals surface area contributed by atoms with Gasteiger partial charge in [0.2, 0.25) is 0 Å². The fraction of sp³-hybridized carbons (Fsp3) is 0.0909. The van der Waals surface area contributed by atoms with Gasteiger partial charge in [-0.25, -0.2) is 4.98 Å². The third kappa shape index (κ3) is 1.62. The Hall–Kier alpha value is -2.08. The molecule has 6 heteroatoms. The molecule has 0 aliphatic heterocycles. The first kappa shape index (κ1) is 10.1. The standard InChI is InChI=1S/C11H8N2O3S/c14-9(15)6-7-10(8-2-1-4-16-8)12-11-13(7)3-5-17-11/h1-5H,6H2,(H,14,15). The number of nitrogens with zero attached hydrogens (tertiary/aromatic N) is 2. The van der Waals surface area contributed by atoms with E-state index in [0.717, 1.165) is 4.96 Å². The first-order valence-electron chi connectivity index (χ1n) is 4.96. The normalized spacial score (nSPS) is 11.1. The number of hydrogen-bond donors (Lipinski definition) is 1. The van der Waals surface area contributed by atoms with Gasteiger partial charge >= 0.3 is 5.97 Å². The summed E-state index contributed by atoms with van der Waals surface area (Å²) in [7, 11) is 0. The summed E-state index contributed by atoms with van der Waals surface area (Å²) in [6.07, 6.45) is 3.29.